The molecule has 27 heteroatoms. The van der Waals surface area contributed by atoms with E-state index in [4.69, 9.17) is 51.6 Å². The molecule has 8 aromatic heterocycles. The molecule has 0 saturated heterocycles. The molecule has 0 N–H and O–H groups in total. The minimum atomic E-state index is -3.88. The Balaban J connectivity index is 0.000000216. The molecule has 0 aliphatic rings. The van der Waals surface area contributed by atoms with Gasteiger partial charge in [-0.05, 0) is 62.4 Å². The summed E-state index contributed by atoms with van der Waals surface area (Å²) in [6.45, 7) is 3.11. The van der Waals surface area contributed by atoms with E-state index in [2.05, 4.69) is 55.3 Å². The molecule has 74 heavy (non-hydrogen) atoms. The standard InChI is InChI=1S/C24H25ClN6O5S.C23H24ClN7O5S/c1-15(22(35-3)18-8-7-17(25)13-28-18)37(32,33)14-20-29-30-23(16-6-5-10-26-12-16)31(20)21-19(34-2)9-11-27-24(21)36-4;1-14(20(34-2)17-8-7-16(24)11-26-17)37(32,33)12-18-29-30-21(15-6-5-9-25-10-15)31(18)19-22(35-3)27-13-28-23(19)36-4/h5-13,15,22H,14H2,1-4H3;5-11,13-14,20H,12H2,1-4H3/t15-,22-;14-,20-/m00/s1. The van der Waals surface area contributed by atoms with Crippen molar-refractivity contribution in [1.29, 1.82) is 0 Å². The molecule has 8 rings (SSSR count). The molecule has 0 spiro atoms. The average Bonchev–Trinajstić information content (AvgIpc) is 4.03. The van der Waals surface area contributed by atoms with E-state index in [9.17, 15) is 16.8 Å². The number of nitrogens with zero attached hydrogens (tertiary/aromatic N) is 13. The predicted octanol–water partition coefficient (Wildman–Crippen LogP) is 6.36. The van der Waals surface area contributed by atoms with Gasteiger partial charge in [-0.25, -0.2) is 21.8 Å². The number of sulfone groups is 2. The minimum Gasteiger partial charge on any atom is -0.494 e. The fourth-order valence-corrected chi connectivity index (χ4v) is 10.7. The second kappa shape index (κ2) is 24.2. The van der Waals surface area contributed by atoms with Crippen LogP contribution in [-0.4, -0.2) is 134 Å². The van der Waals surface area contributed by atoms with Gasteiger partial charge in [-0.1, -0.05) is 23.2 Å². The van der Waals surface area contributed by atoms with Gasteiger partial charge in [-0.3, -0.25) is 29.1 Å². The van der Waals surface area contributed by atoms with Crippen LogP contribution in [0.1, 0.15) is 49.1 Å². The van der Waals surface area contributed by atoms with E-state index in [0.717, 1.165) is 0 Å². The van der Waals surface area contributed by atoms with Gasteiger partial charge in [0.15, 0.2) is 54.3 Å². The summed E-state index contributed by atoms with van der Waals surface area (Å²) in [5.41, 5.74) is 2.67. The van der Waals surface area contributed by atoms with Crippen LogP contribution in [0.15, 0.2) is 104 Å². The highest BCUT2D eigenvalue weighted by Gasteiger charge is 2.37. The van der Waals surface area contributed by atoms with E-state index in [1.807, 2.05) is 0 Å². The summed E-state index contributed by atoms with van der Waals surface area (Å²) in [7, 11) is 0.927. The topological polar surface area (TPSA) is 275 Å². The van der Waals surface area contributed by atoms with Gasteiger partial charge in [0, 0.05) is 74.8 Å². The van der Waals surface area contributed by atoms with Gasteiger partial charge < -0.3 is 28.4 Å². The van der Waals surface area contributed by atoms with E-state index >= 15 is 0 Å². The zero-order chi connectivity index (χ0) is 53.2. The van der Waals surface area contributed by atoms with Crippen LogP contribution in [0.4, 0.5) is 0 Å². The number of hydrogen-bond donors (Lipinski definition) is 0. The molecule has 0 unspecified atom stereocenters. The highest BCUT2D eigenvalue weighted by molar-refractivity contribution is 7.91. The second-order valence-corrected chi connectivity index (χ2v) is 21.4. The molecule has 0 aromatic carbocycles. The molecule has 388 valence electrons. The van der Waals surface area contributed by atoms with Crippen LogP contribution in [0, 0.1) is 0 Å². The first kappa shape index (κ1) is 54.5. The molecule has 0 radical (unpaired) electrons. The molecule has 8 aromatic rings. The molecule has 0 amide bonds. The number of methoxy groups -OCH3 is 6. The van der Waals surface area contributed by atoms with Gasteiger partial charge in [0.1, 0.15) is 35.8 Å². The molecular formula is C47H49Cl2N13O10S2. The predicted molar refractivity (Wildman–Crippen MR) is 271 cm³/mol. The Bertz CT molecular complexity index is 3110. The lowest BCUT2D eigenvalue weighted by Crippen LogP contribution is -2.29. The Hall–Kier alpha value is -7.29. The summed E-state index contributed by atoms with van der Waals surface area (Å²) < 4.78 is 90.7. The van der Waals surface area contributed by atoms with Crippen molar-refractivity contribution in [2.45, 2.75) is 48.1 Å². The lowest BCUT2D eigenvalue weighted by atomic mass is 10.2. The summed E-state index contributed by atoms with van der Waals surface area (Å²) in [4.78, 5) is 29.4. The van der Waals surface area contributed by atoms with E-state index < -0.39 is 53.9 Å². The van der Waals surface area contributed by atoms with Gasteiger partial charge in [-0.15, -0.1) is 20.4 Å². The Morgan fingerprint density at radius 2 is 0.959 bits per heavy atom. The Labute approximate surface area is 436 Å². The first-order valence-electron chi connectivity index (χ1n) is 22.0. The third-order valence-electron chi connectivity index (χ3n) is 11.4. The molecular weight excluding hydrogens is 1040 g/mol. The number of halogens is 2. The van der Waals surface area contributed by atoms with Crippen LogP contribution in [0.5, 0.6) is 23.4 Å². The Morgan fingerprint density at radius 3 is 1.34 bits per heavy atom. The van der Waals surface area contributed by atoms with Crippen molar-refractivity contribution in [1.82, 2.24) is 64.4 Å². The van der Waals surface area contributed by atoms with Crippen LogP contribution < -0.4 is 18.9 Å². The maximum absolute atomic E-state index is 13.7. The highest BCUT2D eigenvalue weighted by Crippen LogP contribution is 2.38. The van der Waals surface area contributed by atoms with Crippen LogP contribution in [-0.2, 0) is 40.7 Å². The van der Waals surface area contributed by atoms with Gasteiger partial charge in [-0.2, -0.15) is 9.97 Å². The summed E-state index contributed by atoms with van der Waals surface area (Å²) in [6.07, 6.45) is 10.4. The van der Waals surface area contributed by atoms with Crippen LogP contribution >= 0.6 is 23.2 Å². The molecule has 0 fully saturated rings. The number of rotatable bonds is 20. The minimum absolute atomic E-state index is 0.0935. The molecule has 0 aliphatic heterocycles. The quantitative estimate of drug-likeness (QED) is 0.0803. The highest BCUT2D eigenvalue weighted by atomic mass is 35.5. The SMILES string of the molecule is COc1ccnc(OC)c1-n1c(CS(=O)(=O)[C@@H](C)[C@H](OC)c2ccc(Cl)cn2)nnc1-c1cccnc1.COc1ncnc(OC)c1-n1c(CS(=O)(=O)[C@@H](C)[C@H](OC)c2ccc(Cl)cn2)nnc1-c1cccnc1. The summed E-state index contributed by atoms with van der Waals surface area (Å²) >= 11 is 11.9. The van der Waals surface area contributed by atoms with Gasteiger partial charge in [0.05, 0.1) is 60.4 Å². The van der Waals surface area contributed by atoms with Crippen molar-refractivity contribution < 1.29 is 45.3 Å². The molecule has 8 heterocycles. The number of hydrogen-bond acceptors (Lipinski definition) is 21. The van der Waals surface area contributed by atoms with E-state index in [0.29, 0.717) is 55.6 Å². The van der Waals surface area contributed by atoms with Crippen LogP contribution in [0.25, 0.3) is 34.2 Å². The number of ether oxygens (including phenoxy) is 6. The maximum atomic E-state index is 13.7. The van der Waals surface area contributed by atoms with Gasteiger partial charge in [0.2, 0.25) is 17.6 Å². The van der Waals surface area contributed by atoms with Crippen molar-refractivity contribution in [2.24, 2.45) is 0 Å². The smallest absolute Gasteiger partial charge is 0.245 e. The van der Waals surface area contributed by atoms with E-state index in [-0.39, 0.29) is 35.0 Å². The van der Waals surface area contributed by atoms with Crippen molar-refractivity contribution in [3.63, 3.8) is 0 Å². The van der Waals surface area contributed by atoms with Crippen LogP contribution in [0.2, 0.25) is 10.0 Å². The zero-order valence-corrected chi connectivity index (χ0v) is 44.2. The molecule has 0 saturated carbocycles. The lowest BCUT2D eigenvalue weighted by Gasteiger charge is -2.23. The molecule has 0 aliphatic carbocycles. The van der Waals surface area contributed by atoms with Crippen molar-refractivity contribution >= 4 is 42.9 Å². The van der Waals surface area contributed by atoms with Crippen molar-refractivity contribution in [2.75, 3.05) is 42.7 Å². The fourth-order valence-electron chi connectivity index (χ4n) is 7.65. The van der Waals surface area contributed by atoms with Crippen molar-refractivity contribution in [3.05, 3.63) is 137 Å². The molecule has 23 nitrogen and oxygen atoms in total. The summed E-state index contributed by atoms with van der Waals surface area (Å²) in [5.74, 6) is 0.807. The normalized spacial score (nSPS) is 13.2. The average molecular weight is 1090 g/mol. The summed E-state index contributed by atoms with van der Waals surface area (Å²) in [5, 5.41) is 15.9. The molecule has 0 bridgehead atoms. The number of pyridine rings is 5. The zero-order valence-electron chi connectivity index (χ0n) is 41.0. The summed E-state index contributed by atoms with van der Waals surface area (Å²) in [6, 6.07) is 15.2. The largest absolute Gasteiger partial charge is 0.494 e. The molecule has 4 atom stereocenters. The van der Waals surface area contributed by atoms with Gasteiger partial charge >= 0.3 is 0 Å². The van der Waals surface area contributed by atoms with Crippen LogP contribution in [0.3, 0.4) is 0 Å². The first-order valence-corrected chi connectivity index (χ1v) is 26.2. The van der Waals surface area contributed by atoms with Gasteiger partial charge in [0.25, 0.3) is 0 Å². The maximum Gasteiger partial charge on any atom is 0.245 e. The third-order valence-corrected chi connectivity index (χ3v) is 15.9. The lowest BCUT2D eigenvalue weighted by molar-refractivity contribution is 0.0986. The monoisotopic (exact) mass is 1090 g/mol. The first-order chi connectivity index (χ1) is 35.6. The van der Waals surface area contributed by atoms with E-state index in [1.54, 1.807) is 97.8 Å². The van der Waals surface area contributed by atoms with Crippen molar-refractivity contribution in [3.8, 4) is 57.5 Å². The third kappa shape index (κ3) is 11.9. The Morgan fingerprint density at radius 1 is 0.514 bits per heavy atom. The Kier molecular flexibility index (Phi) is 17.8. The van der Waals surface area contributed by atoms with E-state index in [1.165, 1.54) is 72.1 Å². The second-order valence-electron chi connectivity index (χ2n) is 15.8. The fraction of sp³-hybridized carbons (Fsp3) is 0.298. The number of aromatic nitrogens is 13.